The molecule has 4 heteroatoms. The minimum absolute atomic E-state index is 0.650. The Bertz CT molecular complexity index is 3640. The summed E-state index contributed by atoms with van der Waals surface area (Å²) in [5.41, 5.74) is 12.4. The van der Waals surface area contributed by atoms with Gasteiger partial charge in [0.15, 0.2) is 20.0 Å². The zero-order chi connectivity index (χ0) is 38.8. The second-order valence-electron chi connectivity index (χ2n) is 16.9. The van der Waals surface area contributed by atoms with Crippen LogP contribution in [0.5, 0.6) is 0 Å². The molecule has 0 aliphatic carbocycles. The number of rotatable bonds is 3. The first-order chi connectivity index (χ1) is 29.1. The summed E-state index contributed by atoms with van der Waals surface area (Å²) in [6, 6.07) is 67.1. The average Bonchev–Trinajstić information content (AvgIpc) is 3.92. The van der Waals surface area contributed by atoms with Crippen molar-refractivity contribution in [2.24, 2.45) is 0 Å². The highest BCUT2D eigenvalue weighted by atomic mass is 28.3. The number of hydrogen-bond acceptors (Lipinski definition) is 0. The second-order valence-corrected chi connectivity index (χ2v) is 20.6. The van der Waals surface area contributed by atoms with Gasteiger partial charge in [-0.15, -0.1) is 4.57 Å². The van der Waals surface area contributed by atoms with Crippen molar-refractivity contribution in [2.75, 3.05) is 0 Å². The predicted octanol–water partition coefficient (Wildman–Crippen LogP) is 8.69. The van der Waals surface area contributed by atoms with Crippen molar-refractivity contribution in [1.29, 1.82) is 0 Å². The molecule has 14 rings (SSSR count). The normalized spacial score (nSPS) is 16.5. The molecule has 1 atom stereocenters. The summed E-state index contributed by atoms with van der Waals surface area (Å²) in [6.07, 6.45) is 4.89. The lowest BCUT2D eigenvalue weighted by Crippen LogP contribution is -2.84. The molecule has 59 heavy (non-hydrogen) atoms. The van der Waals surface area contributed by atoms with Gasteiger partial charge in [-0.3, -0.25) is 0 Å². The van der Waals surface area contributed by atoms with Crippen molar-refractivity contribution in [2.45, 2.75) is 19.5 Å². The van der Waals surface area contributed by atoms with Gasteiger partial charge in [0.2, 0.25) is 5.69 Å². The van der Waals surface area contributed by atoms with Crippen molar-refractivity contribution >= 4 is 77.7 Å². The number of aromatic nitrogens is 3. The van der Waals surface area contributed by atoms with E-state index in [1.807, 2.05) is 0 Å². The molecule has 6 heterocycles. The van der Waals surface area contributed by atoms with Gasteiger partial charge in [0.05, 0.1) is 22.1 Å². The average molecular weight is 768 g/mol. The Kier molecular flexibility index (Phi) is 5.87. The first-order valence-electron chi connectivity index (χ1n) is 20.8. The van der Waals surface area contributed by atoms with Crippen molar-refractivity contribution in [3.05, 3.63) is 211 Å². The SMILES string of the molecule is Cc1cccc(C)c1-c1c[n+]2c3c4c5c(ccc4c4c6ccccc6c6ccccc6c4n13)[Si](c1ccccc1)(c1ccccc1)c1cccc3c1C52[n+]1ccccc1-3. The van der Waals surface area contributed by atoms with E-state index in [9.17, 15) is 0 Å². The maximum absolute atomic E-state index is 2.94. The van der Waals surface area contributed by atoms with Crippen molar-refractivity contribution in [3.63, 3.8) is 0 Å². The van der Waals surface area contributed by atoms with Crippen LogP contribution in [-0.4, -0.2) is 12.5 Å². The molecule has 8 aromatic carbocycles. The third kappa shape index (κ3) is 3.48. The third-order valence-corrected chi connectivity index (χ3v) is 19.2. The van der Waals surface area contributed by atoms with E-state index in [-0.39, 0.29) is 0 Å². The Morgan fingerprint density at radius 1 is 0.475 bits per heavy atom. The highest BCUT2D eigenvalue weighted by Gasteiger charge is 2.71. The van der Waals surface area contributed by atoms with Crippen LogP contribution in [0.25, 0.3) is 71.4 Å². The molecular weight excluding hydrogens is 731 g/mol. The molecular formula is C55H37N3Si+2. The van der Waals surface area contributed by atoms with E-state index in [1.54, 1.807) is 0 Å². The zero-order valence-corrected chi connectivity index (χ0v) is 33.7. The fourth-order valence-electron chi connectivity index (χ4n) is 12.3. The van der Waals surface area contributed by atoms with Crippen LogP contribution in [0.3, 0.4) is 0 Å². The molecule has 0 bridgehead atoms. The maximum atomic E-state index is 2.71. The number of imidazole rings is 1. The van der Waals surface area contributed by atoms with E-state index in [1.165, 1.54) is 114 Å². The summed E-state index contributed by atoms with van der Waals surface area (Å²) in [4.78, 5) is 0. The second kappa shape index (κ2) is 10.9. The van der Waals surface area contributed by atoms with Crippen molar-refractivity contribution in [3.8, 4) is 22.5 Å². The van der Waals surface area contributed by atoms with Crippen LogP contribution in [0, 0.1) is 13.8 Å². The first kappa shape index (κ1) is 31.9. The van der Waals surface area contributed by atoms with Crippen LogP contribution >= 0.6 is 0 Å². The number of fused-ring (bicyclic) bond motifs is 10. The topological polar surface area (TPSA) is 12.2 Å². The molecule has 1 spiro atoms. The van der Waals surface area contributed by atoms with Gasteiger partial charge in [-0.1, -0.05) is 152 Å². The monoisotopic (exact) mass is 767 g/mol. The number of benzene rings is 8. The summed E-state index contributed by atoms with van der Waals surface area (Å²) in [5, 5.41) is 14.9. The van der Waals surface area contributed by atoms with Gasteiger partial charge in [-0.05, 0) is 74.0 Å². The minimum Gasteiger partial charge on any atom is -0.187 e. The Labute approximate surface area is 342 Å². The van der Waals surface area contributed by atoms with E-state index in [4.69, 9.17) is 0 Å². The molecule has 0 N–H and O–H groups in total. The van der Waals surface area contributed by atoms with Crippen LogP contribution in [0.4, 0.5) is 0 Å². The largest absolute Gasteiger partial charge is 0.364 e. The highest BCUT2D eigenvalue weighted by Crippen LogP contribution is 2.52. The summed E-state index contributed by atoms with van der Waals surface area (Å²) in [7, 11) is -2.94. The smallest absolute Gasteiger partial charge is 0.187 e. The lowest BCUT2D eigenvalue weighted by atomic mass is 9.86. The number of aryl methyl sites for hydroxylation is 2. The lowest BCUT2D eigenvalue weighted by Gasteiger charge is -2.42. The molecule has 274 valence electrons. The van der Waals surface area contributed by atoms with E-state index < -0.39 is 13.7 Å². The molecule has 0 saturated carbocycles. The van der Waals surface area contributed by atoms with E-state index in [2.05, 4.69) is 216 Å². The lowest BCUT2D eigenvalue weighted by molar-refractivity contribution is -0.949. The van der Waals surface area contributed by atoms with Gasteiger partial charge in [-0.25, -0.2) is 0 Å². The minimum atomic E-state index is -2.94. The first-order valence-corrected chi connectivity index (χ1v) is 22.8. The van der Waals surface area contributed by atoms with Crippen molar-refractivity contribution < 1.29 is 9.13 Å². The molecule has 0 amide bonds. The molecule has 1 unspecified atom stereocenters. The van der Waals surface area contributed by atoms with E-state index >= 15 is 0 Å². The maximum Gasteiger partial charge on any atom is 0.364 e. The van der Waals surface area contributed by atoms with Gasteiger partial charge in [0, 0.05) is 33.9 Å². The zero-order valence-electron chi connectivity index (χ0n) is 32.7. The van der Waals surface area contributed by atoms with Crippen LogP contribution in [-0.2, 0) is 5.66 Å². The van der Waals surface area contributed by atoms with Gasteiger partial charge < -0.3 is 0 Å². The molecule has 3 nitrogen and oxygen atoms in total. The van der Waals surface area contributed by atoms with Crippen LogP contribution in [0.2, 0.25) is 0 Å². The van der Waals surface area contributed by atoms with E-state index in [0.717, 1.165) is 0 Å². The molecule has 3 aromatic heterocycles. The molecule has 0 fully saturated rings. The third-order valence-electron chi connectivity index (χ3n) is 14.3. The molecule has 0 radical (unpaired) electrons. The number of hydrogen-bond donors (Lipinski definition) is 0. The van der Waals surface area contributed by atoms with Gasteiger partial charge in [-0.2, -0.15) is 8.97 Å². The van der Waals surface area contributed by atoms with E-state index in [0.29, 0.717) is 0 Å². The fourth-order valence-corrected chi connectivity index (χ4v) is 17.6. The summed E-state index contributed by atoms with van der Waals surface area (Å²) < 4.78 is 8.03. The Hall–Kier alpha value is -7.14. The summed E-state index contributed by atoms with van der Waals surface area (Å²) in [5.74, 6) is 0. The predicted molar refractivity (Wildman–Crippen MR) is 243 cm³/mol. The summed E-state index contributed by atoms with van der Waals surface area (Å²) >= 11 is 0. The highest BCUT2D eigenvalue weighted by molar-refractivity contribution is 7.20. The molecule has 11 aromatic rings. The van der Waals surface area contributed by atoms with Gasteiger partial charge >= 0.3 is 11.3 Å². The molecule has 3 aliphatic rings. The standard InChI is InChI=1S/C55H37N3Si/c1-34-17-15-18-35(2)48(34)45-33-57-54-50-43(49-40-25-11-9-23-38(40)39-24-10-12-26-41(39)53(49)58(45)54)30-31-47-52(50)55(57)51-42(44-28-13-14-32-56(44)55)27-16-29-46(51)59(47,36-19-5-3-6-20-36)37-21-7-4-8-22-37/h3-33H,1-2H3/q+2. The molecule has 3 aliphatic heterocycles. The number of nitrogens with zero attached hydrogens (tertiary/aromatic N) is 3. The van der Waals surface area contributed by atoms with Gasteiger partial charge in [0.1, 0.15) is 11.7 Å². The van der Waals surface area contributed by atoms with Crippen LogP contribution in [0.15, 0.2) is 188 Å². The Morgan fingerprint density at radius 3 is 1.81 bits per heavy atom. The van der Waals surface area contributed by atoms with Crippen LogP contribution < -0.4 is 29.9 Å². The number of pyridine rings is 2. The fraction of sp³-hybridized carbons (Fsp3) is 0.0545. The molecule has 0 saturated heterocycles. The quantitative estimate of drug-likeness (QED) is 0.0970. The van der Waals surface area contributed by atoms with Gasteiger partial charge in [0.25, 0.3) is 0 Å². The van der Waals surface area contributed by atoms with Crippen molar-refractivity contribution in [1.82, 2.24) is 4.40 Å². The Balaban J connectivity index is 1.34. The summed E-state index contributed by atoms with van der Waals surface area (Å²) in [6.45, 7) is 4.56. The van der Waals surface area contributed by atoms with Crippen LogP contribution in [0.1, 0.15) is 22.3 Å². The Morgan fingerprint density at radius 2 is 1.08 bits per heavy atom.